The number of halogens is 1. The van der Waals surface area contributed by atoms with Crippen LogP contribution in [-0.4, -0.2) is 0 Å². The molecule has 0 radical (unpaired) electrons. The third-order valence-electron chi connectivity index (χ3n) is 6.73. The molecule has 2 aliphatic carbocycles. The first-order chi connectivity index (χ1) is 11.8. The Labute approximate surface area is 160 Å². The molecule has 1 saturated carbocycles. The largest absolute Gasteiger partial charge is 0.0843 e. The average Bonchev–Trinajstić information content (AvgIpc) is 2.56. The van der Waals surface area contributed by atoms with E-state index in [1.807, 2.05) is 0 Å². The Morgan fingerprint density at radius 3 is 2.28 bits per heavy atom. The molecule has 0 spiro atoms. The second-order valence-electron chi connectivity index (χ2n) is 9.66. The van der Waals surface area contributed by atoms with Gasteiger partial charge in [-0.05, 0) is 97.8 Å². The highest BCUT2D eigenvalue weighted by molar-refractivity contribution is 6.30. The van der Waals surface area contributed by atoms with Gasteiger partial charge in [0.05, 0.1) is 0 Å². The van der Waals surface area contributed by atoms with Gasteiger partial charge in [-0.3, -0.25) is 0 Å². The van der Waals surface area contributed by atoms with Crippen molar-refractivity contribution >= 4 is 17.2 Å². The maximum Gasteiger partial charge on any atom is 0.0406 e. The van der Waals surface area contributed by atoms with Gasteiger partial charge in [0.25, 0.3) is 0 Å². The summed E-state index contributed by atoms with van der Waals surface area (Å²) in [7, 11) is 0. The number of rotatable bonds is 4. The zero-order valence-electron chi connectivity index (χ0n) is 16.6. The third kappa shape index (κ3) is 4.91. The molecule has 1 aromatic rings. The first kappa shape index (κ1) is 19.0. The van der Waals surface area contributed by atoms with Crippen LogP contribution in [0.25, 0.3) is 5.57 Å². The lowest BCUT2D eigenvalue weighted by molar-refractivity contribution is 0.218. The number of hydrogen-bond acceptors (Lipinski definition) is 0. The molecule has 3 rings (SSSR count). The maximum absolute atomic E-state index is 6.11. The van der Waals surface area contributed by atoms with Gasteiger partial charge in [0.15, 0.2) is 0 Å². The second kappa shape index (κ2) is 7.87. The predicted octanol–water partition coefficient (Wildman–Crippen LogP) is 8.16. The van der Waals surface area contributed by atoms with Crippen LogP contribution in [0.3, 0.4) is 0 Å². The van der Waals surface area contributed by atoms with Crippen molar-refractivity contribution < 1.29 is 0 Å². The Balaban J connectivity index is 1.77. The summed E-state index contributed by atoms with van der Waals surface area (Å²) in [5.41, 5.74) is 5.24. The van der Waals surface area contributed by atoms with Gasteiger partial charge in [-0.1, -0.05) is 57.0 Å². The fourth-order valence-electron chi connectivity index (χ4n) is 5.02. The lowest BCUT2D eigenvalue weighted by atomic mass is 9.68. The minimum atomic E-state index is 0.459. The molecule has 0 atom stereocenters. The van der Waals surface area contributed by atoms with Crippen molar-refractivity contribution in [3.05, 3.63) is 40.4 Å². The molecule has 0 unspecified atom stereocenters. The van der Waals surface area contributed by atoms with Gasteiger partial charge in [0.2, 0.25) is 0 Å². The first-order valence-corrected chi connectivity index (χ1v) is 10.7. The monoisotopic (exact) mass is 358 g/mol. The van der Waals surface area contributed by atoms with Crippen LogP contribution in [0.5, 0.6) is 0 Å². The molecule has 0 nitrogen and oxygen atoms in total. The minimum absolute atomic E-state index is 0.459. The van der Waals surface area contributed by atoms with E-state index in [4.69, 9.17) is 11.6 Å². The van der Waals surface area contributed by atoms with Gasteiger partial charge in [-0.2, -0.15) is 0 Å². The fraction of sp³-hybridized carbons (Fsp3) is 0.667. The van der Waals surface area contributed by atoms with Gasteiger partial charge in [-0.25, -0.2) is 0 Å². The number of benzene rings is 1. The molecule has 0 bridgehead atoms. The Kier molecular flexibility index (Phi) is 5.99. The zero-order valence-corrected chi connectivity index (χ0v) is 17.3. The highest BCUT2D eigenvalue weighted by Gasteiger charge is 2.30. The summed E-state index contributed by atoms with van der Waals surface area (Å²) in [6.45, 7) is 9.69. The van der Waals surface area contributed by atoms with Crippen LogP contribution >= 0.6 is 11.6 Å². The standard InChI is InChI=1S/C24H35Cl/c1-17(2)19-7-5-18(6-8-19)15-21-16-24(3,4)14-13-23(21)20-9-11-22(25)12-10-20/h9-12,17-19H,5-8,13-16H2,1-4H3. The first-order valence-electron chi connectivity index (χ1n) is 10.3. The molecular formula is C24H35Cl. The Hall–Kier alpha value is -0.750. The third-order valence-corrected chi connectivity index (χ3v) is 6.98. The molecule has 0 aliphatic heterocycles. The Morgan fingerprint density at radius 1 is 1.04 bits per heavy atom. The molecule has 138 valence electrons. The summed E-state index contributed by atoms with van der Waals surface area (Å²) < 4.78 is 0. The van der Waals surface area contributed by atoms with Crippen LogP contribution in [0.2, 0.25) is 5.02 Å². The molecule has 1 heteroatoms. The van der Waals surface area contributed by atoms with Crippen molar-refractivity contribution in [2.24, 2.45) is 23.2 Å². The van der Waals surface area contributed by atoms with Crippen molar-refractivity contribution in [2.75, 3.05) is 0 Å². The molecule has 0 saturated heterocycles. The second-order valence-corrected chi connectivity index (χ2v) is 10.1. The highest BCUT2D eigenvalue weighted by atomic mass is 35.5. The van der Waals surface area contributed by atoms with E-state index >= 15 is 0 Å². The van der Waals surface area contributed by atoms with E-state index in [2.05, 4.69) is 52.0 Å². The molecule has 0 amide bonds. The van der Waals surface area contributed by atoms with Crippen molar-refractivity contribution in [3.8, 4) is 0 Å². The maximum atomic E-state index is 6.11. The van der Waals surface area contributed by atoms with Crippen LogP contribution in [0, 0.1) is 23.2 Å². The molecule has 0 aromatic heterocycles. The van der Waals surface area contributed by atoms with Crippen molar-refractivity contribution in [1.29, 1.82) is 0 Å². The highest BCUT2D eigenvalue weighted by Crippen LogP contribution is 2.46. The summed E-state index contributed by atoms with van der Waals surface area (Å²) in [6.07, 6.45) is 10.9. The van der Waals surface area contributed by atoms with E-state index < -0.39 is 0 Å². The van der Waals surface area contributed by atoms with E-state index in [1.54, 1.807) is 11.1 Å². The smallest absolute Gasteiger partial charge is 0.0406 e. The summed E-state index contributed by atoms with van der Waals surface area (Å²) in [4.78, 5) is 0. The van der Waals surface area contributed by atoms with Crippen LogP contribution in [-0.2, 0) is 0 Å². The zero-order chi connectivity index (χ0) is 18.0. The van der Waals surface area contributed by atoms with Crippen LogP contribution < -0.4 is 0 Å². The summed E-state index contributed by atoms with van der Waals surface area (Å²) in [6, 6.07) is 8.56. The van der Waals surface area contributed by atoms with E-state index in [1.165, 1.54) is 56.9 Å². The molecule has 25 heavy (non-hydrogen) atoms. The molecule has 0 heterocycles. The van der Waals surface area contributed by atoms with E-state index in [-0.39, 0.29) is 0 Å². The van der Waals surface area contributed by atoms with Crippen molar-refractivity contribution in [1.82, 2.24) is 0 Å². The summed E-state index contributed by atoms with van der Waals surface area (Å²) >= 11 is 6.11. The lowest BCUT2D eigenvalue weighted by Crippen LogP contribution is -2.22. The van der Waals surface area contributed by atoms with Gasteiger partial charge in [0, 0.05) is 5.02 Å². The summed E-state index contributed by atoms with van der Waals surface area (Å²) in [5.74, 6) is 2.73. The lowest BCUT2D eigenvalue weighted by Gasteiger charge is -2.37. The normalized spacial score (nSPS) is 27.0. The van der Waals surface area contributed by atoms with Gasteiger partial charge in [-0.15, -0.1) is 0 Å². The van der Waals surface area contributed by atoms with Gasteiger partial charge >= 0.3 is 0 Å². The van der Waals surface area contributed by atoms with Crippen molar-refractivity contribution in [3.63, 3.8) is 0 Å². The predicted molar refractivity (Wildman–Crippen MR) is 111 cm³/mol. The van der Waals surface area contributed by atoms with Crippen LogP contribution in [0.1, 0.15) is 84.6 Å². The summed E-state index contributed by atoms with van der Waals surface area (Å²) in [5, 5.41) is 0.842. The van der Waals surface area contributed by atoms with Gasteiger partial charge < -0.3 is 0 Å². The molecule has 1 fully saturated rings. The topological polar surface area (TPSA) is 0 Å². The van der Waals surface area contributed by atoms with Crippen LogP contribution in [0.4, 0.5) is 0 Å². The van der Waals surface area contributed by atoms with E-state index in [0.717, 1.165) is 22.8 Å². The molecule has 0 N–H and O–H groups in total. The number of hydrogen-bond donors (Lipinski definition) is 0. The van der Waals surface area contributed by atoms with E-state index in [0.29, 0.717) is 5.41 Å². The number of allylic oxidation sites excluding steroid dienone is 2. The Bertz CT molecular complexity index is 597. The molecular weight excluding hydrogens is 324 g/mol. The van der Waals surface area contributed by atoms with Crippen molar-refractivity contribution in [2.45, 2.75) is 79.1 Å². The fourth-order valence-corrected chi connectivity index (χ4v) is 5.14. The van der Waals surface area contributed by atoms with E-state index in [9.17, 15) is 0 Å². The minimum Gasteiger partial charge on any atom is -0.0843 e. The van der Waals surface area contributed by atoms with Gasteiger partial charge in [0.1, 0.15) is 0 Å². The Morgan fingerprint density at radius 2 is 1.68 bits per heavy atom. The van der Waals surface area contributed by atoms with Crippen LogP contribution in [0.15, 0.2) is 29.8 Å². The molecule has 1 aromatic carbocycles. The quantitative estimate of drug-likeness (QED) is 0.509. The average molecular weight is 359 g/mol. The molecule has 2 aliphatic rings. The SMILES string of the molecule is CC(C)C1CCC(CC2=C(c3ccc(Cl)cc3)CCC(C)(C)C2)CC1.